The number of aliphatic imine (C=N–C) groups is 1. The summed E-state index contributed by atoms with van der Waals surface area (Å²) in [6.45, 7) is 0. The Kier molecular flexibility index (Phi) is 1.29. The van der Waals surface area contributed by atoms with E-state index in [1.54, 1.807) is 6.21 Å². The van der Waals surface area contributed by atoms with E-state index in [9.17, 15) is 0 Å². The fourth-order valence-electron chi connectivity index (χ4n) is 0.967. The zero-order chi connectivity index (χ0) is 7.84. The first-order valence-electron chi connectivity index (χ1n) is 3.12. The van der Waals surface area contributed by atoms with Gasteiger partial charge in [-0.1, -0.05) is 11.6 Å². The Morgan fingerprint density at radius 2 is 2.27 bits per heavy atom. The van der Waals surface area contributed by atoms with E-state index in [2.05, 4.69) is 15.0 Å². The molecule has 0 saturated carbocycles. The molecule has 0 fully saturated rings. The molecule has 0 unspecified atom stereocenters. The molecule has 2 rings (SSSR count). The van der Waals surface area contributed by atoms with Crippen LogP contribution in [0, 0.1) is 0 Å². The van der Waals surface area contributed by atoms with Crippen molar-refractivity contribution in [3.05, 3.63) is 10.7 Å². The van der Waals surface area contributed by atoms with Crippen molar-refractivity contribution in [2.45, 2.75) is 6.42 Å². The van der Waals surface area contributed by atoms with E-state index in [0.29, 0.717) is 17.4 Å². The Hall–Kier alpha value is -1.16. The van der Waals surface area contributed by atoms with Gasteiger partial charge in [-0.25, -0.2) is 9.98 Å². The number of fused-ring (bicyclic) bond motifs is 1. The average molecular weight is 169 g/mol. The van der Waals surface area contributed by atoms with Crippen LogP contribution >= 0.6 is 11.6 Å². The van der Waals surface area contributed by atoms with Gasteiger partial charge in [0.15, 0.2) is 5.82 Å². The smallest absolute Gasteiger partial charge is 0.223 e. The highest BCUT2D eigenvalue weighted by atomic mass is 35.5. The van der Waals surface area contributed by atoms with Crippen LogP contribution < -0.4 is 5.73 Å². The van der Waals surface area contributed by atoms with Gasteiger partial charge in [-0.15, -0.1) is 0 Å². The molecule has 11 heavy (non-hydrogen) atoms. The van der Waals surface area contributed by atoms with E-state index in [1.165, 1.54) is 0 Å². The number of anilines is 1. The lowest BCUT2D eigenvalue weighted by atomic mass is 10.3. The summed E-state index contributed by atoms with van der Waals surface area (Å²) in [4.78, 5) is 11.7. The van der Waals surface area contributed by atoms with Gasteiger partial charge in [0, 0.05) is 18.2 Å². The molecule has 0 saturated heterocycles. The molecule has 1 aromatic heterocycles. The standard InChI is InChI=1S/C6H5ClN4/c7-4-3-1-2-9-5(3)11-6(8)10-4/h2H,1H2,(H2,8,10,11). The van der Waals surface area contributed by atoms with Gasteiger partial charge < -0.3 is 5.73 Å². The van der Waals surface area contributed by atoms with Crippen LogP contribution in [-0.2, 0) is 6.42 Å². The van der Waals surface area contributed by atoms with Crippen LogP contribution in [-0.4, -0.2) is 16.2 Å². The summed E-state index contributed by atoms with van der Waals surface area (Å²) in [6, 6.07) is 0. The molecule has 1 aliphatic rings. The molecule has 2 N–H and O–H groups in total. The van der Waals surface area contributed by atoms with Gasteiger partial charge in [0.25, 0.3) is 0 Å². The molecular formula is C6H5ClN4. The lowest BCUT2D eigenvalue weighted by Crippen LogP contribution is -1.96. The lowest BCUT2D eigenvalue weighted by Gasteiger charge is -1.98. The molecule has 0 amide bonds. The van der Waals surface area contributed by atoms with E-state index in [-0.39, 0.29) is 5.95 Å². The Morgan fingerprint density at radius 1 is 1.45 bits per heavy atom. The number of aromatic nitrogens is 2. The number of hydrogen-bond donors (Lipinski definition) is 1. The Labute approximate surface area is 68.1 Å². The fourth-order valence-corrected chi connectivity index (χ4v) is 1.22. The van der Waals surface area contributed by atoms with Gasteiger partial charge in [-0.3, -0.25) is 0 Å². The summed E-state index contributed by atoms with van der Waals surface area (Å²) < 4.78 is 0. The van der Waals surface area contributed by atoms with Crippen molar-refractivity contribution in [2.75, 3.05) is 5.73 Å². The molecular weight excluding hydrogens is 164 g/mol. The number of rotatable bonds is 0. The summed E-state index contributed by atoms with van der Waals surface area (Å²) in [6.07, 6.45) is 2.44. The van der Waals surface area contributed by atoms with Gasteiger partial charge in [0.05, 0.1) is 0 Å². The van der Waals surface area contributed by atoms with Crippen LogP contribution in [0.15, 0.2) is 4.99 Å². The largest absolute Gasteiger partial charge is 0.368 e. The molecule has 1 aromatic rings. The first-order valence-corrected chi connectivity index (χ1v) is 3.49. The highest BCUT2D eigenvalue weighted by Gasteiger charge is 2.13. The molecule has 0 atom stereocenters. The maximum atomic E-state index is 5.76. The SMILES string of the molecule is Nc1nc(Cl)c2c(n1)N=CC2. The minimum absolute atomic E-state index is 0.174. The van der Waals surface area contributed by atoms with Crippen molar-refractivity contribution >= 4 is 29.6 Å². The summed E-state index contributed by atoms with van der Waals surface area (Å²) >= 11 is 5.76. The van der Waals surface area contributed by atoms with Gasteiger partial charge in [-0.2, -0.15) is 4.98 Å². The van der Waals surface area contributed by atoms with Crippen LogP contribution in [0.1, 0.15) is 5.56 Å². The molecule has 2 heterocycles. The van der Waals surface area contributed by atoms with Crippen molar-refractivity contribution in [1.82, 2.24) is 9.97 Å². The second-order valence-electron chi connectivity index (χ2n) is 2.19. The molecule has 0 aliphatic carbocycles. The molecule has 5 heteroatoms. The van der Waals surface area contributed by atoms with Gasteiger partial charge in [0.1, 0.15) is 5.15 Å². The minimum Gasteiger partial charge on any atom is -0.368 e. The van der Waals surface area contributed by atoms with Crippen molar-refractivity contribution < 1.29 is 0 Å². The summed E-state index contributed by atoms with van der Waals surface area (Å²) in [5.41, 5.74) is 6.21. The number of nitrogens with two attached hydrogens (primary N) is 1. The number of nitrogen functional groups attached to an aromatic ring is 1. The normalized spacial score (nSPS) is 13.5. The molecule has 0 spiro atoms. The van der Waals surface area contributed by atoms with Crippen molar-refractivity contribution in [3.63, 3.8) is 0 Å². The summed E-state index contributed by atoms with van der Waals surface area (Å²) in [5.74, 6) is 0.773. The van der Waals surface area contributed by atoms with Crippen molar-refractivity contribution in [1.29, 1.82) is 0 Å². The first-order chi connectivity index (χ1) is 5.27. The highest BCUT2D eigenvalue weighted by molar-refractivity contribution is 6.30. The fraction of sp³-hybridized carbons (Fsp3) is 0.167. The Bertz CT molecular complexity index is 334. The van der Waals surface area contributed by atoms with Crippen molar-refractivity contribution in [2.24, 2.45) is 4.99 Å². The molecule has 56 valence electrons. The predicted molar refractivity (Wildman–Crippen MR) is 43.3 cm³/mol. The quantitative estimate of drug-likeness (QED) is 0.587. The van der Waals surface area contributed by atoms with Crippen LogP contribution in [0.2, 0.25) is 5.15 Å². The maximum Gasteiger partial charge on any atom is 0.223 e. The number of halogens is 1. The topological polar surface area (TPSA) is 64.2 Å². The zero-order valence-corrected chi connectivity index (χ0v) is 6.34. The number of nitrogens with zero attached hydrogens (tertiary/aromatic N) is 3. The summed E-state index contributed by atoms with van der Waals surface area (Å²) in [7, 11) is 0. The third kappa shape index (κ3) is 0.952. The monoisotopic (exact) mass is 168 g/mol. The van der Waals surface area contributed by atoms with Crippen LogP contribution in [0.4, 0.5) is 11.8 Å². The molecule has 0 aromatic carbocycles. The lowest BCUT2D eigenvalue weighted by molar-refractivity contribution is 1.14. The van der Waals surface area contributed by atoms with Gasteiger partial charge in [-0.05, 0) is 0 Å². The highest BCUT2D eigenvalue weighted by Crippen LogP contribution is 2.27. The van der Waals surface area contributed by atoms with E-state index in [4.69, 9.17) is 17.3 Å². The first kappa shape index (κ1) is 6.54. The van der Waals surface area contributed by atoms with Crippen LogP contribution in [0.25, 0.3) is 0 Å². The Morgan fingerprint density at radius 3 is 3.09 bits per heavy atom. The third-order valence-corrected chi connectivity index (χ3v) is 1.77. The third-order valence-electron chi connectivity index (χ3n) is 1.46. The zero-order valence-electron chi connectivity index (χ0n) is 5.58. The van der Waals surface area contributed by atoms with E-state index in [1.807, 2.05) is 0 Å². The Balaban J connectivity index is 2.66. The van der Waals surface area contributed by atoms with Crippen molar-refractivity contribution in [3.8, 4) is 0 Å². The van der Waals surface area contributed by atoms with Gasteiger partial charge in [0.2, 0.25) is 5.95 Å². The molecule has 0 radical (unpaired) electrons. The number of hydrogen-bond acceptors (Lipinski definition) is 4. The maximum absolute atomic E-state index is 5.76. The second kappa shape index (κ2) is 2.17. The average Bonchev–Trinajstić information content (AvgIpc) is 2.34. The minimum atomic E-state index is 0.174. The van der Waals surface area contributed by atoms with E-state index < -0.39 is 0 Å². The summed E-state index contributed by atoms with van der Waals surface area (Å²) in [5, 5.41) is 0.407. The molecule has 1 aliphatic heterocycles. The predicted octanol–water partition coefficient (Wildman–Crippen LogP) is 0.971. The van der Waals surface area contributed by atoms with E-state index in [0.717, 1.165) is 5.56 Å². The van der Waals surface area contributed by atoms with E-state index >= 15 is 0 Å². The molecule has 4 nitrogen and oxygen atoms in total. The molecule has 0 bridgehead atoms. The van der Waals surface area contributed by atoms with Crippen LogP contribution in [0.5, 0.6) is 0 Å². The second-order valence-corrected chi connectivity index (χ2v) is 2.55. The van der Waals surface area contributed by atoms with Crippen LogP contribution in [0.3, 0.4) is 0 Å². The van der Waals surface area contributed by atoms with Gasteiger partial charge >= 0.3 is 0 Å².